The van der Waals surface area contributed by atoms with Crippen LogP contribution in [0.25, 0.3) is 0 Å². The molecule has 1 atom stereocenters. The number of imide groups is 1. The molecule has 0 bridgehead atoms. The zero-order chi connectivity index (χ0) is 25.3. The Balaban J connectivity index is 1.59. The number of rotatable bonds is 7. The first-order valence-electron chi connectivity index (χ1n) is 12.2. The second-order valence-corrected chi connectivity index (χ2v) is 10.9. The lowest BCUT2D eigenvalue weighted by atomic mass is 9.69. The molecule has 1 aliphatic carbocycles. The Bertz CT molecular complexity index is 1150. The quantitative estimate of drug-likeness (QED) is 0.411. The second kappa shape index (κ2) is 9.93. The van der Waals surface area contributed by atoms with Gasteiger partial charge in [-0.15, -0.1) is 11.3 Å². The molecular formula is C27H32N2O5S. The van der Waals surface area contributed by atoms with Gasteiger partial charge >= 0.3 is 5.97 Å². The summed E-state index contributed by atoms with van der Waals surface area (Å²) in [6, 6.07) is 6.36. The van der Waals surface area contributed by atoms with E-state index in [4.69, 9.17) is 4.74 Å². The third-order valence-corrected chi connectivity index (χ3v) is 8.60. The van der Waals surface area contributed by atoms with Gasteiger partial charge in [-0.2, -0.15) is 0 Å². The van der Waals surface area contributed by atoms with Gasteiger partial charge in [-0.3, -0.25) is 19.3 Å². The van der Waals surface area contributed by atoms with E-state index in [1.807, 2.05) is 0 Å². The number of fused-ring (bicyclic) bond motifs is 1. The largest absolute Gasteiger partial charge is 0.462 e. The van der Waals surface area contributed by atoms with E-state index in [0.29, 0.717) is 27.7 Å². The lowest BCUT2D eigenvalue weighted by Gasteiger charge is -2.36. The number of nitrogens with one attached hydrogen (secondary N) is 1. The van der Waals surface area contributed by atoms with Crippen molar-refractivity contribution in [1.82, 2.24) is 0 Å². The fourth-order valence-corrected chi connectivity index (χ4v) is 6.16. The van der Waals surface area contributed by atoms with Crippen molar-refractivity contribution in [2.45, 2.75) is 66.2 Å². The zero-order valence-corrected chi connectivity index (χ0v) is 21.5. The molecule has 0 spiro atoms. The molecule has 4 rings (SSSR count). The zero-order valence-electron chi connectivity index (χ0n) is 20.7. The summed E-state index contributed by atoms with van der Waals surface area (Å²) >= 11 is 1.46. The molecule has 1 aromatic heterocycles. The number of amides is 3. The standard InChI is InChI=1S/C27H32N2O5S/c1-5-27(3,4)17-9-12-19-20(15-17)35-25(23(19)26(33)34-6-2)28-24(32)16-7-10-18(11-8-16)29-21(30)13-14-22(29)31/h7-8,10-11,17H,5-6,9,12-15H2,1-4H3,(H,28,32)/t17-/m1/s1. The molecule has 186 valence electrons. The number of benzene rings is 1. The Morgan fingerprint density at radius 2 is 1.74 bits per heavy atom. The highest BCUT2D eigenvalue weighted by Crippen LogP contribution is 2.45. The van der Waals surface area contributed by atoms with Crippen molar-refractivity contribution in [3.05, 3.63) is 45.8 Å². The highest BCUT2D eigenvalue weighted by molar-refractivity contribution is 7.17. The molecule has 1 aromatic carbocycles. The van der Waals surface area contributed by atoms with Gasteiger partial charge in [0.1, 0.15) is 5.00 Å². The molecule has 2 heterocycles. The summed E-state index contributed by atoms with van der Waals surface area (Å²) in [6.45, 7) is 8.82. The van der Waals surface area contributed by atoms with Crippen molar-refractivity contribution in [3.63, 3.8) is 0 Å². The van der Waals surface area contributed by atoms with Gasteiger partial charge < -0.3 is 10.1 Å². The maximum atomic E-state index is 13.1. The number of ether oxygens (including phenoxy) is 1. The number of nitrogens with zero attached hydrogens (tertiary/aromatic N) is 1. The number of hydrogen-bond acceptors (Lipinski definition) is 6. The molecule has 3 amide bonds. The van der Waals surface area contributed by atoms with Crippen LogP contribution in [-0.4, -0.2) is 30.3 Å². The molecule has 0 unspecified atom stereocenters. The van der Waals surface area contributed by atoms with Crippen LogP contribution in [0.4, 0.5) is 10.7 Å². The Labute approximate surface area is 209 Å². The third-order valence-electron chi connectivity index (χ3n) is 7.43. The highest BCUT2D eigenvalue weighted by Gasteiger charge is 2.36. The van der Waals surface area contributed by atoms with Gasteiger partial charge in [-0.1, -0.05) is 27.2 Å². The number of esters is 1. The molecule has 1 saturated heterocycles. The molecular weight excluding hydrogens is 464 g/mol. The van der Waals surface area contributed by atoms with Crippen molar-refractivity contribution in [3.8, 4) is 0 Å². The lowest BCUT2D eigenvalue weighted by molar-refractivity contribution is -0.121. The Morgan fingerprint density at radius 1 is 1.09 bits per heavy atom. The third kappa shape index (κ3) is 4.89. The van der Waals surface area contributed by atoms with E-state index in [-0.39, 0.29) is 42.6 Å². The van der Waals surface area contributed by atoms with Crippen LogP contribution < -0.4 is 10.2 Å². The Hall–Kier alpha value is -3.00. The van der Waals surface area contributed by atoms with Crippen LogP contribution in [0.2, 0.25) is 0 Å². The monoisotopic (exact) mass is 496 g/mol. The summed E-state index contributed by atoms with van der Waals surface area (Å²) in [5.41, 5.74) is 2.50. The van der Waals surface area contributed by atoms with E-state index in [0.717, 1.165) is 41.0 Å². The molecule has 35 heavy (non-hydrogen) atoms. The predicted molar refractivity (Wildman–Crippen MR) is 136 cm³/mol. The first kappa shape index (κ1) is 25.1. The minimum atomic E-state index is -0.407. The van der Waals surface area contributed by atoms with Crippen LogP contribution in [-0.2, 0) is 27.2 Å². The fraction of sp³-hybridized carbons (Fsp3) is 0.481. The number of carbonyl (C=O) groups excluding carboxylic acids is 4. The Morgan fingerprint density at radius 3 is 2.34 bits per heavy atom. The minimum absolute atomic E-state index is 0.203. The van der Waals surface area contributed by atoms with Crippen molar-refractivity contribution < 1.29 is 23.9 Å². The van der Waals surface area contributed by atoms with Crippen molar-refractivity contribution in [1.29, 1.82) is 0 Å². The van der Waals surface area contributed by atoms with Crippen LogP contribution >= 0.6 is 11.3 Å². The lowest BCUT2D eigenvalue weighted by Crippen LogP contribution is -2.28. The molecule has 2 aromatic rings. The maximum Gasteiger partial charge on any atom is 0.341 e. The van der Waals surface area contributed by atoms with Crippen LogP contribution in [0, 0.1) is 11.3 Å². The van der Waals surface area contributed by atoms with E-state index in [1.165, 1.54) is 11.3 Å². The molecule has 7 nitrogen and oxygen atoms in total. The number of hydrogen-bond donors (Lipinski definition) is 1. The van der Waals surface area contributed by atoms with Gasteiger partial charge in [-0.25, -0.2) is 4.79 Å². The van der Waals surface area contributed by atoms with Gasteiger partial charge in [0.2, 0.25) is 11.8 Å². The summed E-state index contributed by atoms with van der Waals surface area (Å²) < 4.78 is 5.34. The average molecular weight is 497 g/mol. The molecule has 0 saturated carbocycles. The van der Waals surface area contributed by atoms with Gasteiger partial charge in [0.25, 0.3) is 5.91 Å². The summed E-state index contributed by atoms with van der Waals surface area (Å²) in [4.78, 5) is 52.2. The van der Waals surface area contributed by atoms with E-state index in [2.05, 4.69) is 26.1 Å². The first-order chi connectivity index (χ1) is 16.7. The molecule has 1 fully saturated rings. The second-order valence-electron chi connectivity index (χ2n) is 9.83. The molecule has 2 aliphatic rings. The normalized spacial score (nSPS) is 17.9. The molecule has 1 N–H and O–H groups in total. The highest BCUT2D eigenvalue weighted by atomic mass is 32.1. The van der Waals surface area contributed by atoms with E-state index in [1.54, 1.807) is 31.2 Å². The number of anilines is 2. The van der Waals surface area contributed by atoms with Crippen molar-refractivity contribution >= 4 is 45.7 Å². The van der Waals surface area contributed by atoms with Gasteiger partial charge in [-0.05, 0) is 67.3 Å². The van der Waals surface area contributed by atoms with Gasteiger partial charge in [0, 0.05) is 23.3 Å². The molecule has 8 heteroatoms. The predicted octanol–water partition coefficient (Wildman–Crippen LogP) is 5.37. The smallest absolute Gasteiger partial charge is 0.341 e. The van der Waals surface area contributed by atoms with E-state index >= 15 is 0 Å². The SMILES string of the molecule is CCOC(=O)c1c(NC(=O)c2ccc(N3C(=O)CCC3=O)cc2)sc2c1CC[C@@H](C(C)(C)CC)C2. The summed E-state index contributed by atoms with van der Waals surface area (Å²) in [5.74, 6) is -0.721. The van der Waals surface area contributed by atoms with E-state index in [9.17, 15) is 19.2 Å². The number of carbonyl (C=O) groups is 4. The average Bonchev–Trinajstić information content (AvgIpc) is 3.37. The van der Waals surface area contributed by atoms with Gasteiger partial charge in [0.05, 0.1) is 17.9 Å². The summed E-state index contributed by atoms with van der Waals surface area (Å²) in [7, 11) is 0. The van der Waals surface area contributed by atoms with E-state index < -0.39 is 5.97 Å². The van der Waals surface area contributed by atoms with Crippen LogP contribution in [0.5, 0.6) is 0 Å². The molecule has 1 aliphatic heterocycles. The van der Waals surface area contributed by atoms with Crippen LogP contribution in [0.1, 0.15) is 84.5 Å². The minimum Gasteiger partial charge on any atom is -0.462 e. The fourth-order valence-electron chi connectivity index (χ4n) is 4.85. The van der Waals surface area contributed by atoms with Crippen LogP contribution in [0.15, 0.2) is 24.3 Å². The maximum absolute atomic E-state index is 13.1. The topological polar surface area (TPSA) is 92.8 Å². The summed E-state index contributed by atoms with van der Waals surface area (Å²) in [6.07, 6.45) is 4.16. The van der Waals surface area contributed by atoms with Crippen molar-refractivity contribution in [2.24, 2.45) is 11.3 Å². The first-order valence-corrected chi connectivity index (χ1v) is 13.1. The van der Waals surface area contributed by atoms with Crippen molar-refractivity contribution in [2.75, 3.05) is 16.8 Å². The van der Waals surface area contributed by atoms with Gasteiger partial charge in [0.15, 0.2) is 0 Å². The van der Waals surface area contributed by atoms with Crippen LogP contribution in [0.3, 0.4) is 0 Å². The summed E-state index contributed by atoms with van der Waals surface area (Å²) in [5, 5.41) is 3.44. The Kier molecular flexibility index (Phi) is 7.12. The number of thiophene rings is 1. The molecule has 0 radical (unpaired) electrons.